The lowest BCUT2D eigenvalue weighted by molar-refractivity contribution is 0.628. The molecule has 2 N–H and O–H groups in total. The van der Waals surface area contributed by atoms with Crippen LogP contribution >= 0.6 is 23.2 Å². The van der Waals surface area contributed by atoms with E-state index in [4.69, 9.17) is 28.2 Å². The van der Waals surface area contributed by atoms with Gasteiger partial charge in [-0.1, -0.05) is 36.2 Å². The van der Waals surface area contributed by atoms with E-state index in [1.807, 2.05) is 6.92 Å². The Morgan fingerprint density at radius 1 is 1.18 bits per heavy atom. The molecule has 0 aliphatic rings. The van der Waals surface area contributed by atoms with Crippen molar-refractivity contribution >= 4 is 51.1 Å². The summed E-state index contributed by atoms with van der Waals surface area (Å²) in [5.41, 5.74) is 1.38. The fourth-order valence-corrected chi connectivity index (χ4v) is 4.13. The van der Waals surface area contributed by atoms with Crippen molar-refractivity contribution in [2.75, 3.05) is 5.32 Å². The van der Waals surface area contributed by atoms with Gasteiger partial charge in [0, 0.05) is 5.02 Å². The van der Waals surface area contributed by atoms with E-state index in [2.05, 4.69) is 25.3 Å². The van der Waals surface area contributed by atoms with Crippen LogP contribution in [0.15, 0.2) is 53.8 Å². The molecule has 0 aliphatic heterocycles. The second-order valence-electron chi connectivity index (χ2n) is 7.27. The van der Waals surface area contributed by atoms with Crippen LogP contribution in [0.2, 0.25) is 10.0 Å². The van der Waals surface area contributed by atoms with Crippen molar-refractivity contribution < 1.29 is 4.39 Å². The molecule has 2 aromatic carbocycles. The molecule has 8 nitrogen and oxygen atoms in total. The Hall–Kier alpha value is -3.56. The number of aromatic nitrogens is 6. The normalized spacial score (nSPS) is 12.4. The number of rotatable bonds is 5. The third-order valence-corrected chi connectivity index (χ3v) is 5.87. The number of anilines is 1. The average molecular weight is 484 g/mol. The number of aromatic amines is 1. The minimum atomic E-state index is -0.694. The van der Waals surface area contributed by atoms with Crippen molar-refractivity contribution in [1.29, 1.82) is 0 Å². The molecule has 3 heterocycles. The first-order valence-electron chi connectivity index (χ1n) is 10.0. The topological polar surface area (TPSA) is 101 Å². The number of H-pyrrole nitrogens is 1. The maximum atomic E-state index is 14.2. The molecule has 1 atom stereocenters. The molecule has 0 aliphatic carbocycles. The van der Waals surface area contributed by atoms with E-state index in [1.165, 1.54) is 29.4 Å². The molecule has 0 fully saturated rings. The van der Waals surface area contributed by atoms with Crippen molar-refractivity contribution in [2.24, 2.45) is 0 Å². The highest BCUT2D eigenvalue weighted by molar-refractivity contribution is 6.35. The number of benzene rings is 2. The Morgan fingerprint density at radius 3 is 2.82 bits per heavy atom. The van der Waals surface area contributed by atoms with Crippen LogP contribution in [-0.4, -0.2) is 29.5 Å². The Balaban J connectivity index is 1.76. The zero-order valence-corrected chi connectivity index (χ0v) is 18.7. The molecule has 0 radical (unpaired) electrons. The van der Waals surface area contributed by atoms with Crippen molar-refractivity contribution in [1.82, 2.24) is 29.5 Å². The molecule has 0 bridgehead atoms. The highest BCUT2D eigenvalue weighted by atomic mass is 35.5. The molecule has 0 amide bonds. The summed E-state index contributed by atoms with van der Waals surface area (Å²) in [5, 5.41) is 3.47. The number of halogens is 3. The minimum Gasteiger partial charge on any atom is -0.358 e. The Morgan fingerprint density at radius 2 is 2.03 bits per heavy atom. The van der Waals surface area contributed by atoms with Gasteiger partial charge in [-0.15, -0.1) is 0 Å². The summed E-state index contributed by atoms with van der Waals surface area (Å²) in [5.74, 6) is 0.181. The van der Waals surface area contributed by atoms with Gasteiger partial charge in [0.2, 0.25) is 0 Å². The molecule has 5 rings (SSSR count). The van der Waals surface area contributed by atoms with Crippen molar-refractivity contribution in [3.63, 3.8) is 0 Å². The van der Waals surface area contributed by atoms with Crippen LogP contribution < -0.4 is 10.9 Å². The van der Waals surface area contributed by atoms with Crippen molar-refractivity contribution in [3.8, 4) is 5.69 Å². The van der Waals surface area contributed by atoms with Gasteiger partial charge in [-0.2, -0.15) is 0 Å². The molecule has 0 saturated carbocycles. The van der Waals surface area contributed by atoms with E-state index in [0.717, 1.165) is 0 Å². The summed E-state index contributed by atoms with van der Waals surface area (Å²) in [7, 11) is 0. The second kappa shape index (κ2) is 8.42. The van der Waals surface area contributed by atoms with Crippen LogP contribution in [0.4, 0.5) is 10.2 Å². The molecule has 166 valence electrons. The highest BCUT2D eigenvalue weighted by Crippen LogP contribution is 2.29. The Labute approximate surface area is 196 Å². The van der Waals surface area contributed by atoms with Gasteiger partial charge < -0.3 is 10.3 Å². The minimum absolute atomic E-state index is 0.00743. The van der Waals surface area contributed by atoms with Crippen LogP contribution in [0.25, 0.3) is 27.8 Å². The molecule has 11 heteroatoms. The van der Waals surface area contributed by atoms with Gasteiger partial charge in [0.05, 0.1) is 34.0 Å². The van der Waals surface area contributed by atoms with Crippen molar-refractivity contribution in [3.05, 3.63) is 81.1 Å². The lowest BCUT2D eigenvalue weighted by Gasteiger charge is -2.22. The molecule has 5 aromatic rings. The fraction of sp³-hybridized carbons (Fsp3) is 0.136. The van der Waals surface area contributed by atoms with Crippen LogP contribution in [0, 0.1) is 5.82 Å². The zero-order chi connectivity index (χ0) is 23.1. The zero-order valence-electron chi connectivity index (χ0n) is 17.2. The van der Waals surface area contributed by atoms with Crippen LogP contribution in [0.3, 0.4) is 0 Å². The number of hydrogen-bond acceptors (Lipinski definition) is 6. The summed E-state index contributed by atoms with van der Waals surface area (Å²) in [6.07, 6.45) is 3.48. The van der Waals surface area contributed by atoms with Gasteiger partial charge in [-0.25, -0.2) is 24.3 Å². The predicted molar refractivity (Wildman–Crippen MR) is 126 cm³/mol. The van der Waals surface area contributed by atoms with E-state index in [9.17, 15) is 9.18 Å². The lowest BCUT2D eigenvalue weighted by Crippen LogP contribution is -2.28. The van der Waals surface area contributed by atoms with Gasteiger partial charge in [0.25, 0.3) is 5.56 Å². The largest absolute Gasteiger partial charge is 0.358 e. The maximum absolute atomic E-state index is 14.2. The molecule has 0 unspecified atom stereocenters. The molecule has 0 saturated heterocycles. The van der Waals surface area contributed by atoms with E-state index in [0.29, 0.717) is 39.9 Å². The number of fused-ring (bicyclic) bond motifs is 2. The smallest absolute Gasteiger partial charge is 0.267 e. The van der Waals surface area contributed by atoms with Gasteiger partial charge >= 0.3 is 0 Å². The fourth-order valence-electron chi connectivity index (χ4n) is 3.71. The standard InChI is InChI=1S/C22H16Cl2FN7O/c1-2-14(30-20-18-19(27-9-26-18)28-10-29-20)21-31-15-7-6-13(25)17(24)16(15)22(33)32(21)12-5-3-4-11(23)8-12/h3-10,14H,2H2,1H3,(H2,26,27,28,29,30)/t14-/m1/s1. The number of imidazole rings is 1. The number of nitrogens with zero attached hydrogens (tertiary/aromatic N) is 5. The van der Waals surface area contributed by atoms with Gasteiger partial charge in [-0.3, -0.25) is 9.36 Å². The Bertz CT molecular complexity index is 1570. The summed E-state index contributed by atoms with van der Waals surface area (Å²) in [6.45, 7) is 1.94. The SMILES string of the molecule is CC[C@@H](Nc1ncnc2[nH]cnc12)c1nc2ccc(F)c(Cl)c2c(=O)n1-c1cccc(Cl)c1. The summed E-state index contributed by atoms with van der Waals surface area (Å²) in [4.78, 5) is 34.0. The lowest BCUT2D eigenvalue weighted by atomic mass is 10.1. The summed E-state index contributed by atoms with van der Waals surface area (Å²) in [6, 6.07) is 8.94. The Kier molecular flexibility index (Phi) is 5.43. The first-order chi connectivity index (χ1) is 16.0. The quantitative estimate of drug-likeness (QED) is 0.362. The molecule has 33 heavy (non-hydrogen) atoms. The average Bonchev–Trinajstić information content (AvgIpc) is 3.29. The monoisotopic (exact) mass is 483 g/mol. The number of hydrogen-bond donors (Lipinski definition) is 2. The molecule has 3 aromatic heterocycles. The van der Waals surface area contributed by atoms with Crippen molar-refractivity contribution in [2.45, 2.75) is 19.4 Å². The third kappa shape index (κ3) is 3.69. The first kappa shape index (κ1) is 21.3. The molecule has 0 spiro atoms. The van der Waals surface area contributed by atoms with Gasteiger partial charge in [-0.05, 0) is 36.8 Å². The van der Waals surface area contributed by atoms with E-state index >= 15 is 0 Å². The predicted octanol–water partition coefficient (Wildman–Crippen LogP) is 5.06. The van der Waals surface area contributed by atoms with Gasteiger partial charge in [0.1, 0.15) is 23.5 Å². The first-order valence-corrected chi connectivity index (χ1v) is 10.8. The van der Waals surface area contributed by atoms with E-state index < -0.39 is 17.4 Å². The van der Waals surface area contributed by atoms with Gasteiger partial charge in [0.15, 0.2) is 11.5 Å². The van der Waals surface area contributed by atoms with Crippen LogP contribution in [-0.2, 0) is 0 Å². The maximum Gasteiger partial charge on any atom is 0.267 e. The summed E-state index contributed by atoms with van der Waals surface area (Å²) >= 11 is 12.4. The molecular weight excluding hydrogens is 468 g/mol. The molecular formula is C22H16Cl2FN7O. The van der Waals surface area contributed by atoms with Crippen LogP contribution in [0.1, 0.15) is 25.2 Å². The highest BCUT2D eigenvalue weighted by Gasteiger charge is 2.23. The van der Waals surface area contributed by atoms with Crippen LogP contribution in [0.5, 0.6) is 0 Å². The van der Waals surface area contributed by atoms with E-state index in [-0.39, 0.29) is 15.9 Å². The number of nitrogens with one attached hydrogen (secondary N) is 2. The summed E-state index contributed by atoms with van der Waals surface area (Å²) < 4.78 is 15.6. The van der Waals surface area contributed by atoms with E-state index in [1.54, 1.807) is 24.3 Å². The third-order valence-electron chi connectivity index (χ3n) is 5.27. The second-order valence-corrected chi connectivity index (χ2v) is 8.09.